The van der Waals surface area contributed by atoms with Gasteiger partial charge in [0.15, 0.2) is 0 Å². The van der Waals surface area contributed by atoms with Crippen LogP contribution >= 0.6 is 0 Å². The van der Waals surface area contributed by atoms with Crippen molar-refractivity contribution in [1.29, 1.82) is 0 Å². The van der Waals surface area contributed by atoms with E-state index in [4.69, 9.17) is 5.11 Å². The van der Waals surface area contributed by atoms with Gasteiger partial charge >= 0.3 is 30.8 Å². The number of amides is 6. The molecule has 0 spiro atoms. The van der Waals surface area contributed by atoms with Crippen molar-refractivity contribution >= 4 is 58.8 Å². The molecule has 374 valence electrons. The number of carbonyl (C=O) groups is 8. The number of aliphatic carboxylic acids is 1. The van der Waals surface area contributed by atoms with Gasteiger partial charge in [-0.2, -0.15) is 0 Å². The fourth-order valence-corrected chi connectivity index (χ4v) is 8.35. The molecule has 0 unspecified atom stereocenters. The third kappa shape index (κ3) is 15.6. The average Bonchev–Trinajstić information content (AvgIpc) is 3.31. The molecule has 18 heteroatoms. The maximum atomic E-state index is 12.8. The molecule has 0 saturated heterocycles. The Balaban J connectivity index is 0.000000365. The van der Waals surface area contributed by atoms with Gasteiger partial charge in [0.05, 0.1) is 20.2 Å². The third-order valence-corrected chi connectivity index (χ3v) is 13.0. The van der Waals surface area contributed by atoms with E-state index >= 15 is 0 Å². The van der Waals surface area contributed by atoms with Crippen LogP contribution in [0.1, 0.15) is 145 Å². The van der Waals surface area contributed by atoms with Crippen LogP contribution in [0, 0.1) is 0 Å². The van der Waals surface area contributed by atoms with E-state index in [1.54, 1.807) is 24.3 Å². The maximum Gasteiger partial charge on any atom is 1.00 e. The van der Waals surface area contributed by atoms with Gasteiger partial charge in [0.25, 0.3) is 23.6 Å². The Morgan fingerprint density at radius 3 is 1.08 bits per heavy atom. The van der Waals surface area contributed by atoms with Gasteiger partial charge in [0.2, 0.25) is 11.8 Å². The summed E-state index contributed by atoms with van der Waals surface area (Å²) < 4.78 is 4.43. The first-order valence-electron chi connectivity index (χ1n) is 22.8. The smallest absolute Gasteiger partial charge is 0.870 e. The van der Waals surface area contributed by atoms with Crippen molar-refractivity contribution in [3.8, 4) is 0 Å². The second kappa shape index (κ2) is 24.4. The summed E-state index contributed by atoms with van der Waals surface area (Å²) in [5, 5.41) is 23.8. The molecule has 0 atom stereocenters. The molecule has 0 bridgehead atoms. The normalized spacial score (nSPS) is 15.0. The molecule has 8 N–H and O–H groups in total. The van der Waals surface area contributed by atoms with Crippen LogP contribution in [0.3, 0.4) is 0 Å². The molecule has 71 heavy (non-hydrogen) atoms. The molecular formula is C53H65LiN6O11. The molecule has 17 nitrogen and oxygen atoms in total. The van der Waals surface area contributed by atoms with Crippen molar-refractivity contribution in [3.05, 3.63) is 129 Å². The van der Waals surface area contributed by atoms with E-state index in [-0.39, 0.29) is 83.0 Å². The van der Waals surface area contributed by atoms with Crippen LogP contribution in [0.15, 0.2) is 84.9 Å². The Bertz CT molecular complexity index is 2630. The monoisotopic (exact) mass is 968 g/mol. The number of rotatable bonds is 14. The van der Waals surface area contributed by atoms with Crippen molar-refractivity contribution in [2.45, 2.75) is 103 Å². The van der Waals surface area contributed by atoms with Crippen LogP contribution in [0.2, 0.25) is 0 Å². The van der Waals surface area contributed by atoms with Crippen LogP contribution in [0.25, 0.3) is 0 Å². The fraction of sp³-hybridized carbons (Fsp3) is 0.396. The van der Waals surface area contributed by atoms with E-state index in [9.17, 15) is 38.4 Å². The van der Waals surface area contributed by atoms with Crippen LogP contribution in [-0.2, 0) is 45.6 Å². The zero-order chi connectivity index (χ0) is 50.9. The summed E-state index contributed by atoms with van der Waals surface area (Å²) in [5.74, 6) is -4.40. The molecule has 0 aromatic heterocycles. The van der Waals surface area contributed by atoms with Gasteiger partial charge in [-0.1, -0.05) is 67.5 Å². The van der Waals surface area contributed by atoms with Crippen molar-refractivity contribution in [1.82, 2.24) is 21.3 Å². The summed E-state index contributed by atoms with van der Waals surface area (Å²) in [5.41, 5.74) is 8.27. The van der Waals surface area contributed by atoms with Gasteiger partial charge in [-0.05, 0) is 142 Å². The molecule has 0 fully saturated rings. The number of esters is 1. The molecule has 6 amide bonds. The number of carboxylic acids is 1. The second-order valence-corrected chi connectivity index (χ2v) is 20.0. The number of ether oxygens (including phenoxy) is 1. The van der Waals surface area contributed by atoms with E-state index in [1.807, 2.05) is 12.1 Å². The van der Waals surface area contributed by atoms with Crippen molar-refractivity contribution < 1.29 is 72.5 Å². The predicted molar refractivity (Wildman–Crippen MR) is 265 cm³/mol. The molecule has 4 aromatic rings. The SMILES string of the molecule is CC1(C)CCC(C)(C)c2cc(NC(=O)c3ccc(C(=O)NCC(=O)NCC(=O)O)cc3)ccc21.COC(=O)CNC(=O)CNC(=O)c1ccc(C(=O)Nc2ccc3c(c2)C(C)(C)CCC3(C)C)cc1.[Li+].[OH-]. The first kappa shape index (κ1) is 58.5. The molecule has 2 aliphatic rings. The second-order valence-electron chi connectivity index (χ2n) is 20.0. The van der Waals surface area contributed by atoms with Crippen LogP contribution in [0.5, 0.6) is 0 Å². The van der Waals surface area contributed by atoms with E-state index in [1.165, 1.54) is 53.6 Å². The van der Waals surface area contributed by atoms with Crippen molar-refractivity contribution in [3.63, 3.8) is 0 Å². The molecule has 0 aliphatic heterocycles. The molecule has 0 saturated carbocycles. The number of methoxy groups -OCH3 is 1. The number of fused-ring (bicyclic) bond motifs is 2. The number of carbonyl (C=O) groups excluding carboxylic acids is 7. The summed E-state index contributed by atoms with van der Waals surface area (Å²) in [6.45, 7) is 16.5. The third-order valence-electron chi connectivity index (χ3n) is 13.0. The summed E-state index contributed by atoms with van der Waals surface area (Å²) in [4.78, 5) is 94.8. The first-order chi connectivity index (χ1) is 32.3. The quantitative estimate of drug-likeness (QED) is 0.0712. The minimum Gasteiger partial charge on any atom is -0.870 e. The topological polar surface area (TPSA) is 268 Å². The molecule has 6 rings (SSSR count). The summed E-state index contributed by atoms with van der Waals surface area (Å²) in [6.07, 6.45) is 4.40. The molecular weight excluding hydrogens is 904 g/mol. The zero-order valence-electron chi connectivity index (χ0n) is 42.3. The number of benzene rings is 4. The number of hydrogen-bond donors (Lipinski definition) is 7. The number of hydrogen-bond acceptors (Lipinski definition) is 10. The van der Waals surface area contributed by atoms with Gasteiger partial charge < -0.3 is 47.2 Å². The van der Waals surface area contributed by atoms with Crippen molar-refractivity contribution in [2.24, 2.45) is 0 Å². The molecule has 4 aromatic carbocycles. The molecule has 2 aliphatic carbocycles. The van der Waals surface area contributed by atoms with Gasteiger partial charge in [-0.3, -0.25) is 38.4 Å². The van der Waals surface area contributed by atoms with E-state index in [0.717, 1.165) is 37.1 Å². The Morgan fingerprint density at radius 2 is 0.761 bits per heavy atom. The minimum absolute atomic E-state index is 0. The summed E-state index contributed by atoms with van der Waals surface area (Å²) in [7, 11) is 1.22. The van der Waals surface area contributed by atoms with Gasteiger partial charge in [0.1, 0.15) is 13.1 Å². The van der Waals surface area contributed by atoms with Crippen LogP contribution in [0.4, 0.5) is 11.4 Å². The average molecular weight is 969 g/mol. The summed E-state index contributed by atoms with van der Waals surface area (Å²) >= 11 is 0. The predicted octanol–water partition coefficient (Wildman–Crippen LogP) is 3.35. The Hall–Kier alpha value is -6.80. The molecule has 0 heterocycles. The standard InChI is InChI=1S/C27H33N3O5.C26H31N3O5.Li.H2O/c1-26(2)12-13-27(3,4)21-14-19(10-11-20(21)26)30-25(34)18-8-6-17(7-9-18)24(33)29-15-22(31)28-16-23(32)35-5;1-25(2)11-12-26(3,4)20-13-18(9-10-19(20)25)29-24(34)17-7-5-16(6-8-17)23(33)28-14-21(30)27-15-22(31)32;;/h6-11,14H,12-13,15-16H2,1-5H3,(H,28,31)(H,29,33)(H,30,34);5-10,13H,11-12,14-15H2,1-4H3,(H,27,30)(H,28,33)(H,29,34)(H,31,32);;1H2/q;;+1;/p-1. The van der Waals surface area contributed by atoms with Crippen LogP contribution < -0.4 is 50.8 Å². The zero-order valence-corrected chi connectivity index (χ0v) is 42.3. The van der Waals surface area contributed by atoms with Gasteiger partial charge in [0, 0.05) is 33.6 Å². The maximum absolute atomic E-state index is 12.8. The van der Waals surface area contributed by atoms with Gasteiger partial charge in [-0.25, -0.2) is 0 Å². The largest absolute Gasteiger partial charge is 1.00 e. The first-order valence-corrected chi connectivity index (χ1v) is 22.8. The van der Waals surface area contributed by atoms with E-state index < -0.39 is 42.1 Å². The molecule has 0 radical (unpaired) electrons. The minimum atomic E-state index is -1.17. The summed E-state index contributed by atoms with van der Waals surface area (Å²) in [6, 6.07) is 24.5. The fourth-order valence-electron chi connectivity index (χ4n) is 8.35. The Kier molecular flexibility index (Phi) is 20.1. The van der Waals surface area contributed by atoms with Crippen LogP contribution in [-0.4, -0.2) is 91.3 Å². The Morgan fingerprint density at radius 1 is 0.451 bits per heavy atom. The number of carboxylic acid groups (broad SMARTS) is 1. The van der Waals surface area contributed by atoms with E-state index in [2.05, 4.69) is 116 Å². The van der Waals surface area contributed by atoms with Crippen molar-refractivity contribution in [2.75, 3.05) is 43.9 Å². The van der Waals surface area contributed by atoms with Gasteiger partial charge in [-0.15, -0.1) is 0 Å². The number of anilines is 2. The Labute approximate surface area is 426 Å². The number of nitrogens with one attached hydrogen (secondary N) is 6. The van der Waals surface area contributed by atoms with E-state index in [0.29, 0.717) is 16.7 Å².